The lowest BCUT2D eigenvalue weighted by Gasteiger charge is -2.29. The van der Waals surface area contributed by atoms with E-state index in [2.05, 4.69) is 10.3 Å². The number of hydrogen-bond acceptors (Lipinski definition) is 8. The number of nitrogens with one attached hydrogen (secondary N) is 1. The van der Waals surface area contributed by atoms with Gasteiger partial charge in [0, 0.05) is 19.2 Å². The summed E-state index contributed by atoms with van der Waals surface area (Å²) < 4.78 is 22.3. The predicted octanol–water partition coefficient (Wildman–Crippen LogP) is 4.01. The van der Waals surface area contributed by atoms with E-state index in [1.807, 2.05) is 52.0 Å². The van der Waals surface area contributed by atoms with Crippen LogP contribution in [0.25, 0.3) is 0 Å². The second-order valence-corrected chi connectivity index (χ2v) is 8.67. The maximum Gasteiger partial charge on any atom is 0.328 e. The summed E-state index contributed by atoms with van der Waals surface area (Å²) >= 11 is 5.42. The number of ether oxygens (including phenoxy) is 4. The van der Waals surface area contributed by atoms with Gasteiger partial charge in [-0.15, -0.1) is 0 Å². The SMILES string of the molecule is COc1ccnc(C(=S)N[C@@H](C)C(=O)OC(C(C)C)[C@H](C)Oc2ccc(C)cc2)c1OC(C)=O. The topological polar surface area (TPSA) is 96.0 Å². The number of carbonyl (C=O) groups excluding carboxylic acids is 2. The normalized spacial score (nSPS) is 13.4. The summed E-state index contributed by atoms with van der Waals surface area (Å²) in [5.41, 5.74) is 1.31. The van der Waals surface area contributed by atoms with Gasteiger partial charge in [0.15, 0.2) is 5.75 Å². The van der Waals surface area contributed by atoms with Crippen LogP contribution in [0, 0.1) is 12.8 Å². The monoisotopic (exact) mass is 488 g/mol. The van der Waals surface area contributed by atoms with Gasteiger partial charge >= 0.3 is 11.9 Å². The van der Waals surface area contributed by atoms with Crippen LogP contribution in [-0.4, -0.2) is 47.3 Å². The molecule has 8 nitrogen and oxygen atoms in total. The number of methoxy groups -OCH3 is 1. The quantitative estimate of drug-likeness (QED) is 0.393. The summed E-state index contributed by atoms with van der Waals surface area (Å²) in [5.74, 6) is 0.0354. The van der Waals surface area contributed by atoms with Crippen molar-refractivity contribution in [2.45, 2.75) is 59.8 Å². The van der Waals surface area contributed by atoms with Gasteiger partial charge in [0.05, 0.1) is 7.11 Å². The van der Waals surface area contributed by atoms with E-state index in [9.17, 15) is 9.59 Å². The lowest BCUT2D eigenvalue weighted by molar-refractivity contribution is -0.158. The largest absolute Gasteiger partial charge is 0.493 e. The summed E-state index contributed by atoms with van der Waals surface area (Å²) in [6, 6.07) is 8.44. The molecular weight excluding hydrogens is 456 g/mol. The molecule has 0 aliphatic rings. The Balaban J connectivity index is 2.09. The Hall–Kier alpha value is -3.20. The van der Waals surface area contributed by atoms with Crippen molar-refractivity contribution in [1.29, 1.82) is 0 Å². The summed E-state index contributed by atoms with van der Waals surface area (Å²) in [7, 11) is 1.44. The lowest BCUT2D eigenvalue weighted by atomic mass is 10.0. The Morgan fingerprint density at radius 2 is 1.71 bits per heavy atom. The molecule has 1 unspecified atom stereocenters. The van der Waals surface area contributed by atoms with Crippen molar-refractivity contribution in [1.82, 2.24) is 10.3 Å². The van der Waals surface area contributed by atoms with E-state index in [-0.39, 0.29) is 28.5 Å². The van der Waals surface area contributed by atoms with Gasteiger partial charge in [-0.3, -0.25) is 4.79 Å². The van der Waals surface area contributed by atoms with E-state index >= 15 is 0 Å². The first-order valence-electron chi connectivity index (χ1n) is 11.0. The van der Waals surface area contributed by atoms with Crippen LogP contribution in [0.5, 0.6) is 17.2 Å². The molecule has 0 aliphatic carbocycles. The van der Waals surface area contributed by atoms with Crippen LogP contribution in [0.15, 0.2) is 36.5 Å². The third-order valence-electron chi connectivity index (χ3n) is 4.97. The first-order chi connectivity index (χ1) is 16.0. The molecule has 1 aromatic heterocycles. The van der Waals surface area contributed by atoms with Crippen LogP contribution >= 0.6 is 12.2 Å². The zero-order valence-corrected chi connectivity index (χ0v) is 21.4. The van der Waals surface area contributed by atoms with Crippen molar-refractivity contribution in [2.75, 3.05) is 7.11 Å². The highest BCUT2D eigenvalue weighted by molar-refractivity contribution is 7.80. The highest BCUT2D eigenvalue weighted by atomic mass is 32.1. The maximum atomic E-state index is 12.9. The Morgan fingerprint density at radius 3 is 2.26 bits per heavy atom. The van der Waals surface area contributed by atoms with Crippen molar-refractivity contribution in [3.63, 3.8) is 0 Å². The van der Waals surface area contributed by atoms with Crippen LogP contribution in [0.1, 0.15) is 45.9 Å². The molecule has 0 fully saturated rings. The zero-order chi connectivity index (χ0) is 25.4. The molecule has 2 rings (SSSR count). The number of aryl methyl sites for hydroxylation is 1. The molecule has 34 heavy (non-hydrogen) atoms. The highest BCUT2D eigenvalue weighted by Gasteiger charge is 2.29. The number of aromatic nitrogens is 1. The Morgan fingerprint density at radius 1 is 1.06 bits per heavy atom. The van der Waals surface area contributed by atoms with E-state index in [0.717, 1.165) is 5.56 Å². The van der Waals surface area contributed by atoms with Gasteiger partial charge in [0.25, 0.3) is 0 Å². The smallest absolute Gasteiger partial charge is 0.328 e. The summed E-state index contributed by atoms with van der Waals surface area (Å²) in [5, 5.41) is 2.91. The van der Waals surface area contributed by atoms with Gasteiger partial charge in [-0.1, -0.05) is 43.8 Å². The highest BCUT2D eigenvalue weighted by Crippen LogP contribution is 2.30. The van der Waals surface area contributed by atoms with Gasteiger partial charge in [-0.2, -0.15) is 0 Å². The van der Waals surface area contributed by atoms with Crippen molar-refractivity contribution >= 4 is 29.1 Å². The molecule has 1 heterocycles. The third-order valence-corrected chi connectivity index (χ3v) is 5.28. The fraction of sp³-hybridized carbons (Fsp3) is 0.440. The number of pyridine rings is 1. The maximum absolute atomic E-state index is 12.9. The molecule has 3 atom stereocenters. The Bertz CT molecular complexity index is 1010. The van der Waals surface area contributed by atoms with Crippen LogP contribution < -0.4 is 19.5 Å². The lowest BCUT2D eigenvalue weighted by Crippen LogP contribution is -2.44. The molecule has 0 bridgehead atoms. The van der Waals surface area contributed by atoms with Gasteiger partial charge in [0.1, 0.15) is 34.7 Å². The van der Waals surface area contributed by atoms with Crippen LogP contribution in [0.4, 0.5) is 0 Å². The number of esters is 2. The average Bonchev–Trinajstić information content (AvgIpc) is 2.78. The fourth-order valence-electron chi connectivity index (χ4n) is 3.23. The van der Waals surface area contributed by atoms with E-state index in [4.69, 9.17) is 31.2 Å². The molecule has 1 N–H and O–H groups in total. The molecule has 0 spiro atoms. The summed E-state index contributed by atoms with van der Waals surface area (Å²) in [6.45, 7) is 10.7. The summed E-state index contributed by atoms with van der Waals surface area (Å²) in [6.07, 6.45) is 0.608. The minimum atomic E-state index is -0.793. The molecule has 0 aliphatic heterocycles. The summed E-state index contributed by atoms with van der Waals surface area (Å²) in [4.78, 5) is 28.7. The Labute approximate surface area is 206 Å². The number of benzene rings is 1. The fourth-order valence-corrected chi connectivity index (χ4v) is 3.55. The van der Waals surface area contributed by atoms with Gasteiger partial charge in [0.2, 0.25) is 5.75 Å². The minimum Gasteiger partial charge on any atom is -0.493 e. The minimum absolute atomic E-state index is 0.0131. The van der Waals surface area contributed by atoms with E-state index < -0.39 is 24.1 Å². The molecule has 0 saturated carbocycles. The number of nitrogens with zero attached hydrogens (tertiary/aromatic N) is 1. The molecule has 0 radical (unpaired) electrons. The second kappa shape index (κ2) is 12.3. The van der Waals surface area contributed by atoms with Crippen LogP contribution in [0.3, 0.4) is 0 Å². The third kappa shape index (κ3) is 7.41. The first-order valence-corrected chi connectivity index (χ1v) is 11.4. The number of hydrogen-bond donors (Lipinski definition) is 1. The second-order valence-electron chi connectivity index (χ2n) is 8.26. The van der Waals surface area contributed by atoms with Crippen molar-refractivity contribution < 1.29 is 28.5 Å². The average molecular weight is 489 g/mol. The van der Waals surface area contributed by atoms with Crippen molar-refractivity contribution in [2.24, 2.45) is 5.92 Å². The van der Waals surface area contributed by atoms with Crippen molar-refractivity contribution in [3.8, 4) is 17.2 Å². The van der Waals surface area contributed by atoms with Gasteiger partial charge < -0.3 is 24.3 Å². The van der Waals surface area contributed by atoms with E-state index in [1.165, 1.54) is 20.2 Å². The molecule has 1 aromatic carbocycles. The molecule has 0 amide bonds. The van der Waals surface area contributed by atoms with Gasteiger partial charge in [-0.05, 0) is 38.8 Å². The molecule has 184 valence electrons. The number of carbonyl (C=O) groups is 2. The van der Waals surface area contributed by atoms with E-state index in [0.29, 0.717) is 11.5 Å². The molecule has 0 saturated heterocycles. The van der Waals surface area contributed by atoms with Crippen molar-refractivity contribution in [3.05, 3.63) is 47.8 Å². The number of rotatable bonds is 10. The first kappa shape index (κ1) is 27.0. The standard InChI is InChI=1S/C25H32N2O6S/c1-14(2)22(17(5)31-19-10-8-15(3)9-11-19)33-25(29)16(4)27-24(34)21-23(32-18(6)28)20(30-7)12-13-26-21/h8-14,16-17,22H,1-7H3,(H,27,34)/t16-,17-,22?/m0/s1. The predicted molar refractivity (Wildman–Crippen MR) is 132 cm³/mol. The van der Waals surface area contributed by atoms with Crippen LogP contribution in [-0.2, 0) is 14.3 Å². The zero-order valence-electron chi connectivity index (χ0n) is 20.6. The molecule has 2 aromatic rings. The van der Waals surface area contributed by atoms with Gasteiger partial charge in [-0.25, -0.2) is 9.78 Å². The molecular formula is C25H32N2O6S. The van der Waals surface area contributed by atoms with E-state index in [1.54, 1.807) is 13.0 Å². The molecule has 9 heteroatoms. The Kier molecular flexibility index (Phi) is 9.80. The van der Waals surface area contributed by atoms with Crippen LogP contribution in [0.2, 0.25) is 0 Å². The number of thiocarbonyl (C=S) groups is 1.